The molecule has 2 rings (SSSR count). The maximum absolute atomic E-state index is 11.8. The number of nitrogens with one attached hydrogen (secondary N) is 3. The minimum absolute atomic E-state index is 0.203. The Morgan fingerprint density at radius 3 is 2.39 bits per heavy atom. The van der Waals surface area contributed by atoms with Crippen molar-refractivity contribution in [2.45, 2.75) is 19.9 Å². The molecule has 2 aromatic rings. The van der Waals surface area contributed by atoms with Crippen LogP contribution in [0, 0.1) is 0 Å². The fourth-order valence-corrected chi connectivity index (χ4v) is 1.89. The lowest BCUT2D eigenvalue weighted by atomic mass is 10.2. The molecule has 1 aromatic heterocycles. The van der Waals surface area contributed by atoms with E-state index in [0.717, 1.165) is 0 Å². The first-order chi connectivity index (χ1) is 11.0. The summed E-state index contributed by atoms with van der Waals surface area (Å²) in [4.78, 5) is 34.5. The highest BCUT2D eigenvalue weighted by Gasteiger charge is 2.10. The Morgan fingerprint density at radius 2 is 1.74 bits per heavy atom. The Hall–Kier alpha value is -3.09. The molecule has 0 radical (unpaired) electrons. The van der Waals surface area contributed by atoms with Crippen molar-refractivity contribution in [3.05, 3.63) is 48.4 Å². The predicted octanol–water partition coefficient (Wildman–Crippen LogP) is 1.88. The van der Waals surface area contributed by atoms with Gasteiger partial charge in [0, 0.05) is 18.3 Å². The first-order valence-corrected chi connectivity index (χ1v) is 6.99. The number of benzene rings is 1. The van der Waals surface area contributed by atoms with Crippen LogP contribution in [-0.4, -0.2) is 17.7 Å². The Labute approximate surface area is 133 Å². The highest BCUT2D eigenvalue weighted by atomic mass is 16.3. The molecule has 0 aliphatic heterocycles. The monoisotopic (exact) mass is 315 g/mol. The van der Waals surface area contributed by atoms with E-state index < -0.39 is 11.8 Å². The van der Waals surface area contributed by atoms with Gasteiger partial charge in [0.05, 0.1) is 12.8 Å². The highest BCUT2D eigenvalue weighted by Crippen LogP contribution is 2.15. The van der Waals surface area contributed by atoms with Crippen LogP contribution in [0.25, 0.3) is 0 Å². The summed E-state index contributed by atoms with van der Waals surface area (Å²) in [7, 11) is 0. The van der Waals surface area contributed by atoms with Crippen molar-refractivity contribution in [1.82, 2.24) is 5.32 Å². The van der Waals surface area contributed by atoms with Crippen molar-refractivity contribution in [2.75, 3.05) is 10.6 Å². The van der Waals surface area contributed by atoms with Gasteiger partial charge in [0.15, 0.2) is 0 Å². The second-order valence-electron chi connectivity index (χ2n) is 4.84. The second kappa shape index (κ2) is 7.79. The van der Waals surface area contributed by atoms with Crippen LogP contribution in [0.2, 0.25) is 0 Å². The zero-order chi connectivity index (χ0) is 16.7. The summed E-state index contributed by atoms with van der Waals surface area (Å²) in [5.74, 6) is -0.439. The van der Waals surface area contributed by atoms with Crippen molar-refractivity contribution in [2.24, 2.45) is 0 Å². The minimum Gasteiger partial charge on any atom is -0.467 e. The average molecular weight is 315 g/mol. The van der Waals surface area contributed by atoms with E-state index in [9.17, 15) is 14.4 Å². The summed E-state index contributed by atoms with van der Waals surface area (Å²) in [6, 6.07) is 10.1. The zero-order valence-electron chi connectivity index (χ0n) is 12.6. The lowest BCUT2D eigenvalue weighted by Crippen LogP contribution is -2.27. The maximum Gasteiger partial charge on any atom is 0.233 e. The van der Waals surface area contributed by atoms with Gasteiger partial charge in [-0.25, -0.2) is 0 Å². The van der Waals surface area contributed by atoms with Crippen molar-refractivity contribution in [3.8, 4) is 0 Å². The molecule has 0 spiro atoms. The molecule has 7 nitrogen and oxygen atoms in total. The van der Waals surface area contributed by atoms with Crippen molar-refractivity contribution >= 4 is 29.1 Å². The Bertz CT molecular complexity index is 695. The van der Waals surface area contributed by atoms with Crippen LogP contribution in [0.15, 0.2) is 47.1 Å². The molecule has 23 heavy (non-hydrogen) atoms. The normalized spacial score (nSPS) is 9.96. The van der Waals surface area contributed by atoms with Gasteiger partial charge in [0.1, 0.15) is 12.2 Å². The van der Waals surface area contributed by atoms with Crippen molar-refractivity contribution in [3.63, 3.8) is 0 Å². The molecule has 0 atom stereocenters. The van der Waals surface area contributed by atoms with Crippen molar-refractivity contribution in [1.29, 1.82) is 0 Å². The van der Waals surface area contributed by atoms with Crippen LogP contribution in [-0.2, 0) is 20.9 Å². The largest absolute Gasteiger partial charge is 0.467 e. The first kappa shape index (κ1) is 16.3. The van der Waals surface area contributed by atoms with Crippen LogP contribution in [0.5, 0.6) is 0 Å². The molecule has 1 aromatic carbocycles. The van der Waals surface area contributed by atoms with Gasteiger partial charge in [-0.1, -0.05) is 6.07 Å². The average Bonchev–Trinajstić information content (AvgIpc) is 2.98. The van der Waals surface area contributed by atoms with Gasteiger partial charge in [0.2, 0.25) is 17.7 Å². The van der Waals surface area contributed by atoms with Crippen LogP contribution in [0.4, 0.5) is 11.4 Å². The summed E-state index contributed by atoms with van der Waals surface area (Å²) < 4.78 is 5.08. The highest BCUT2D eigenvalue weighted by molar-refractivity contribution is 6.03. The third-order valence-electron chi connectivity index (χ3n) is 2.83. The third kappa shape index (κ3) is 5.66. The second-order valence-corrected chi connectivity index (χ2v) is 4.84. The molecule has 120 valence electrons. The maximum atomic E-state index is 11.8. The van der Waals surface area contributed by atoms with Gasteiger partial charge in [-0.05, 0) is 30.3 Å². The Morgan fingerprint density at radius 1 is 1.00 bits per heavy atom. The Kier molecular flexibility index (Phi) is 5.51. The summed E-state index contributed by atoms with van der Waals surface area (Å²) in [6.45, 7) is 1.63. The smallest absolute Gasteiger partial charge is 0.233 e. The first-order valence-electron chi connectivity index (χ1n) is 6.99. The number of hydrogen-bond donors (Lipinski definition) is 3. The van der Waals surface area contributed by atoms with Gasteiger partial charge in [-0.15, -0.1) is 0 Å². The number of anilines is 2. The fourth-order valence-electron chi connectivity index (χ4n) is 1.89. The molecular weight excluding hydrogens is 298 g/mol. The van der Waals surface area contributed by atoms with Crippen LogP contribution in [0.3, 0.4) is 0 Å². The van der Waals surface area contributed by atoms with Gasteiger partial charge in [-0.2, -0.15) is 0 Å². The van der Waals surface area contributed by atoms with E-state index in [2.05, 4.69) is 16.0 Å². The minimum atomic E-state index is -0.443. The van der Waals surface area contributed by atoms with E-state index >= 15 is 0 Å². The van der Waals surface area contributed by atoms with E-state index in [1.165, 1.54) is 13.2 Å². The molecule has 0 aliphatic carbocycles. The molecule has 0 bridgehead atoms. The van der Waals surface area contributed by atoms with Crippen LogP contribution >= 0.6 is 0 Å². The molecule has 0 aliphatic rings. The van der Waals surface area contributed by atoms with Crippen molar-refractivity contribution < 1.29 is 18.8 Å². The lowest BCUT2D eigenvalue weighted by Gasteiger charge is -2.08. The number of carbonyl (C=O) groups excluding carboxylic acids is 3. The zero-order valence-corrected chi connectivity index (χ0v) is 12.6. The van der Waals surface area contributed by atoms with E-state index in [4.69, 9.17) is 4.42 Å². The standard InChI is InChI=1S/C16H17N3O4/c1-11(20)18-12-4-2-5-13(8-12)19-16(22)9-15(21)17-10-14-6-3-7-23-14/h2-8H,9-10H2,1H3,(H,17,21)(H,18,20)(H,19,22). The van der Waals surface area contributed by atoms with Gasteiger partial charge in [-0.3, -0.25) is 14.4 Å². The molecule has 3 amide bonds. The van der Waals surface area contributed by atoms with E-state index in [1.54, 1.807) is 36.4 Å². The molecule has 7 heteroatoms. The summed E-state index contributed by atoms with van der Waals surface area (Å²) in [5.41, 5.74) is 1.07. The molecular formula is C16H17N3O4. The summed E-state index contributed by atoms with van der Waals surface area (Å²) in [6.07, 6.45) is 1.21. The van der Waals surface area contributed by atoms with E-state index in [1.807, 2.05) is 0 Å². The fraction of sp³-hybridized carbons (Fsp3) is 0.188. The van der Waals surface area contributed by atoms with Gasteiger partial charge >= 0.3 is 0 Å². The topological polar surface area (TPSA) is 100 Å². The van der Waals surface area contributed by atoms with E-state index in [-0.39, 0.29) is 18.9 Å². The molecule has 1 heterocycles. The third-order valence-corrected chi connectivity index (χ3v) is 2.83. The number of rotatable bonds is 6. The molecule has 0 saturated heterocycles. The van der Waals surface area contributed by atoms with Gasteiger partial charge in [0.25, 0.3) is 0 Å². The number of carbonyl (C=O) groups is 3. The van der Waals surface area contributed by atoms with Crippen LogP contribution in [0.1, 0.15) is 19.1 Å². The summed E-state index contributed by atoms with van der Waals surface area (Å²) in [5, 5.41) is 7.81. The summed E-state index contributed by atoms with van der Waals surface area (Å²) >= 11 is 0. The molecule has 3 N–H and O–H groups in total. The lowest BCUT2D eigenvalue weighted by molar-refractivity contribution is -0.127. The molecule has 0 saturated carbocycles. The SMILES string of the molecule is CC(=O)Nc1cccc(NC(=O)CC(=O)NCc2ccco2)c1. The Balaban J connectivity index is 1.81. The van der Waals surface area contributed by atoms with E-state index in [0.29, 0.717) is 17.1 Å². The quantitative estimate of drug-likeness (QED) is 0.709. The number of amides is 3. The molecule has 0 unspecified atom stereocenters. The molecule has 0 fully saturated rings. The number of hydrogen-bond acceptors (Lipinski definition) is 4. The van der Waals surface area contributed by atoms with Gasteiger partial charge < -0.3 is 20.4 Å². The van der Waals surface area contributed by atoms with Crippen LogP contribution < -0.4 is 16.0 Å². The predicted molar refractivity (Wildman–Crippen MR) is 84.5 cm³/mol. The number of furan rings is 1.